The number of nitrogen functional groups attached to an aromatic ring is 1. The molecule has 0 bridgehead atoms. The molecule has 0 atom stereocenters. The highest BCUT2D eigenvalue weighted by atomic mass is 16.5. The Hall–Kier alpha value is -1.62. The molecule has 0 fully saturated rings. The van der Waals surface area contributed by atoms with E-state index in [2.05, 4.69) is 10.3 Å². The van der Waals surface area contributed by atoms with Gasteiger partial charge in [0.2, 0.25) is 0 Å². The summed E-state index contributed by atoms with van der Waals surface area (Å²) < 4.78 is 5.19. The lowest BCUT2D eigenvalue weighted by atomic mass is 10.1. The average Bonchev–Trinajstić information content (AvgIpc) is 2.27. The van der Waals surface area contributed by atoms with Crippen LogP contribution in [0.15, 0.2) is 18.5 Å². The Morgan fingerprint density at radius 1 is 1.62 bits per heavy atom. The lowest BCUT2D eigenvalue weighted by Crippen LogP contribution is -2.39. The number of nitrogens with zero attached hydrogens (tertiary/aromatic N) is 1. The molecular weight excluding hydrogens is 206 g/mol. The maximum atomic E-state index is 11.7. The van der Waals surface area contributed by atoms with E-state index in [0.717, 1.165) is 0 Å². The second-order valence-electron chi connectivity index (χ2n) is 4.11. The Bertz CT molecular complexity index is 377. The summed E-state index contributed by atoms with van der Waals surface area (Å²) in [5.41, 5.74) is 6.07. The van der Waals surface area contributed by atoms with Crippen molar-refractivity contribution in [2.45, 2.75) is 19.4 Å². The summed E-state index contributed by atoms with van der Waals surface area (Å²) in [4.78, 5) is 15.6. The summed E-state index contributed by atoms with van der Waals surface area (Å²) in [7, 11) is 1.60. The summed E-state index contributed by atoms with van der Waals surface area (Å²) in [6.07, 6.45) is 3.00. The van der Waals surface area contributed by atoms with E-state index in [4.69, 9.17) is 10.5 Å². The number of pyridine rings is 1. The summed E-state index contributed by atoms with van der Waals surface area (Å²) in [5.74, 6) is -0.240. The summed E-state index contributed by atoms with van der Waals surface area (Å²) in [6, 6.07) is 1.59. The smallest absolute Gasteiger partial charge is 0.255 e. The van der Waals surface area contributed by atoms with Crippen molar-refractivity contribution in [3.8, 4) is 0 Å². The maximum absolute atomic E-state index is 11.7. The third kappa shape index (κ3) is 3.20. The SMILES string of the molecule is COC(C)(C)CNC(=O)c1cnccc1N. The second kappa shape index (κ2) is 4.94. The highest BCUT2D eigenvalue weighted by Gasteiger charge is 2.18. The van der Waals surface area contributed by atoms with Crippen molar-refractivity contribution in [2.24, 2.45) is 0 Å². The van der Waals surface area contributed by atoms with Crippen LogP contribution in [0.3, 0.4) is 0 Å². The molecule has 1 aromatic rings. The van der Waals surface area contributed by atoms with Crippen LogP contribution in [0.25, 0.3) is 0 Å². The number of nitrogens with two attached hydrogens (primary N) is 1. The Labute approximate surface area is 95.0 Å². The Balaban J connectivity index is 2.64. The number of nitrogens with one attached hydrogen (secondary N) is 1. The molecule has 1 rings (SSSR count). The fraction of sp³-hybridized carbons (Fsp3) is 0.455. The molecule has 1 amide bonds. The number of carbonyl (C=O) groups excluding carboxylic acids is 1. The van der Waals surface area contributed by atoms with Gasteiger partial charge >= 0.3 is 0 Å². The van der Waals surface area contributed by atoms with E-state index >= 15 is 0 Å². The first-order valence-corrected chi connectivity index (χ1v) is 4.99. The van der Waals surface area contributed by atoms with Crippen LogP contribution in [-0.2, 0) is 4.74 Å². The standard InChI is InChI=1S/C11H17N3O2/c1-11(2,16-3)7-14-10(15)8-6-13-5-4-9(8)12/h4-6H,7H2,1-3H3,(H2,12,13)(H,14,15). The molecular formula is C11H17N3O2. The van der Waals surface area contributed by atoms with Crippen LogP contribution in [0.1, 0.15) is 24.2 Å². The molecule has 0 saturated carbocycles. The summed E-state index contributed by atoms with van der Waals surface area (Å²) in [6.45, 7) is 4.19. The van der Waals surface area contributed by atoms with Crippen LogP contribution in [0.4, 0.5) is 5.69 Å². The fourth-order valence-electron chi connectivity index (χ4n) is 1.06. The van der Waals surface area contributed by atoms with Crippen LogP contribution in [0.5, 0.6) is 0 Å². The van der Waals surface area contributed by atoms with Gasteiger partial charge in [0, 0.05) is 31.7 Å². The second-order valence-corrected chi connectivity index (χ2v) is 4.11. The summed E-state index contributed by atoms with van der Waals surface area (Å²) >= 11 is 0. The predicted octanol–water partition coefficient (Wildman–Crippen LogP) is 0.819. The van der Waals surface area contributed by atoms with Crippen LogP contribution in [0.2, 0.25) is 0 Å². The van der Waals surface area contributed by atoms with Crippen molar-refractivity contribution >= 4 is 11.6 Å². The van der Waals surface area contributed by atoms with E-state index in [0.29, 0.717) is 17.8 Å². The van der Waals surface area contributed by atoms with Gasteiger partial charge in [0.15, 0.2) is 0 Å². The Morgan fingerprint density at radius 3 is 2.88 bits per heavy atom. The van der Waals surface area contributed by atoms with E-state index in [1.54, 1.807) is 19.4 Å². The molecule has 16 heavy (non-hydrogen) atoms. The third-order valence-corrected chi connectivity index (χ3v) is 2.33. The van der Waals surface area contributed by atoms with Crippen LogP contribution >= 0.6 is 0 Å². The lowest BCUT2D eigenvalue weighted by Gasteiger charge is -2.23. The van der Waals surface area contributed by atoms with Gasteiger partial charge in [0.05, 0.1) is 11.2 Å². The Kier molecular flexibility index (Phi) is 3.84. The number of amides is 1. The van der Waals surface area contributed by atoms with Gasteiger partial charge in [0.1, 0.15) is 0 Å². The maximum Gasteiger partial charge on any atom is 0.255 e. The average molecular weight is 223 g/mol. The van der Waals surface area contributed by atoms with Crippen molar-refractivity contribution in [3.05, 3.63) is 24.0 Å². The molecule has 0 spiro atoms. The lowest BCUT2D eigenvalue weighted by molar-refractivity contribution is 0.0229. The van der Waals surface area contributed by atoms with Crippen molar-refractivity contribution < 1.29 is 9.53 Å². The molecule has 5 heteroatoms. The quantitative estimate of drug-likeness (QED) is 0.792. The first-order chi connectivity index (χ1) is 7.46. The molecule has 1 aromatic heterocycles. The normalized spacial score (nSPS) is 11.2. The minimum Gasteiger partial charge on any atom is -0.398 e. The van der Waals surface area contributed by atoms with Crippen molar-refractivity contribution in [1.82, 2.24) is 10.3 Å². The number of methoxy groups -OCH3 is 1. The highest BCUT2D eigenvalue weighted by Crippen LogP contribution is 2.09. The monoisotopic (exact) mass is 223 g/mol. The van der Waals surface area contributed by atoms with Crippen LogP contribution < -0.4 is 11.1 Å². The molecule has 0 radical (unpaired) electrons. The fourth-order valence-corrected chi connectivity index (χ4v) is 1.06. The largest absolute Gasteiger partial charge is 0.398 e. The topological polar surface area (TPSA) is 77.2 Å². The van der Waals surface area contributed by atoms with Crippen molar-refractivity contribution in [1.29, 1.82) is 0 Å². The third-order valence-electron chi connectivity index (χ3n) is 2.33. The molecule has 0 aliphatic heterocycles. The zero-order valence-electron chi connectivity index (χ0n) is 9.78. The molecule has 5 nitrogen and oxygen atoms in total. The minimum absolute atomic E-state index is 0.240. The van der Waals surface area contributed by atoms with Crippen LogP contribution in [-0.4, -0.2) is 30.1 Å². The van der Waals surface area contributed by atoms with E-state index in [1.165, 1.54) is 6.20 Å². The zero-order chi connectivity index (χ0) is 12.2. The van der Waals surface area contributed by atoms with Gasteiger partial charge in [0.25, 0.3) is 5.91 Å². The van der Waals surface area contributed by atoms with Gasteiger partial charge in [-0.3, -0.25) is 9.78 Å². The first kappa shape index (κ1) is 12.4. The number of aromatic nitrogens is 1. The van der Waals surface area contributed by atoms with E-state index in [-0.39, 0.29) is 5.91 Å². The number of carbonyl (C=O) groups is 1. The molecule has 88 valence electrons. The minimum atomic E-state index is -0.396. The molecule has 0 aliphatic carbocycles. The van der Waals surface area contributed by atoms with E-state index in [1.807, 2.05) is 13.8 Å². The number of hydrogen-bond donors (Lipinski definition) is 2. The highest BCUT2D eigenvalue weighted by molar-refractivity contribution is 5.98. The van der Waals surface area contributed by atoms with Gasteiger partial charge < -0.3 is 15.8 Å². The number of ether oxygens (including phenoxy) is 1. The Morgan fingerprint density at radius 2 is 2.31 bits per heavy atom. The number of anilines is 1. The van der Waals surface area contributed by atoms with Crippen molar-refractivity contribution in [2.75, 3.05) is 19.4 Å². The van der Waals surface area contributed by atoms with Gasteiger partial charge in [-0.25, -0.2) is 0 Å². The van der Waals surface area contributed by atoms with E-state index < -0.39 is 5.60 Å². The van der Waals surface area contributed by atoms with Crippen LogP contribution in [0, 0.1) is 0 Å². The molecule has 0 unspecified atom stereocenters. The van der Waals surface area contributed by atoms with E-state index in [9.17, 15) is 4.79 Å². The zero-order valence-corrected chi connectivity index (χ0v) is 9.78. The van der Waals surface area contributed by atoms with Gasteiger partial charge in [-0.1, -0.05) is 0 Å². The van der Waals surface area contributed by atoms with Gasteiger partial charge in [-0.15, -0.1) is 0 Å². The van der Waals surface area contributed by atoms with Crippen molar-refractivity contribution in [3.63, 3.8) is 0 Å². The van der Waals surface area contributed by atoms with Gasteiger partial charge in [-0.05, 0) is 19.9 Å². The first-order valence-electron chi connectivity index (χ1n) is 4.99. The summed E-state index contributed by atoms with van der Waals surface area (Å²) in [5, 5.41) is 2.75. The number of hydrogen-bond acceptors (Lipinski definition) is 4. The van der Waals surface area contributed by atoms with Gasteiger partial charge in [-0.2, -0.15) is 0 Å². The predicted molar refractivity (Wildman–Crippen MR) is 62.1 cm³/mol. The molecule has 0 saturated heterocycles. The number of rotatable bonds is 4. The molecule has 1 heterocycles. The molecule has 3 N–H and O–H groups in total. The molecule has 0 aromatic carbocycles. The molecule has 0 aliphatic rings.